The summed E-state index contributed by atoms with van der Waals surface area (Å²) in [5.74, 6) is 0.100. The van der Waals surface area contributed by atoms with Crippen LogP contribution in [0.2, 0.25) is 0 Å². The molecule has 0 N–H and O–H groups in total. The zero-order valence-corrected chi connectivity index (χ0v) is 6.04. The van der Waals surface area contributed by atoms with Gasteiger partial charge in [0, 0.05) is 12.0 Å². The smallest absolute Gasteiger partial charge is 0.0908 e. The molecule has 0 saturated carbocycles. The zero-order valence-electron chi connectivity index (χ0n) is 6.04. The fraction of sp³-hybridized carbons (Fsp3) is 0.500. The molecule has 0 amide bonds. The monoisotopic (exact) mass is 134 g/mol. The van der Waals surface area contributed by atoms with Crippen molar-refractivity contribution >= 4 is 0 Å². The van der Waals surface area contributed by atoms with Gasteiger partial charge < -0.3 is 0 Å². The van der Waals surface area contributed by atoms with Crippen LogP contribution in [-0.4, -0.2) is 0 Å². The van der Waals surface area contributed by atoms with Crippen molar-refractivity contribution in [2.45, 2.75) is 19.8 Å². The Morgan fingerprint density at radius 3 is 2.70 bits per heavy atom. The molecule has 0 aliphatic carbocycles. The van der Waals surface area contributed by atoms with Crippen LogP contribution in [0.25, 0.3) is 0 Å². The minimum Gasteiger partial charge on any atom is -0.198 e. The van der Waals surface area contributed by atoms with Gasteiger partial charge in [0.15, 0.2) is 0 Å². The van der Waals surface area contributed by atoms with Crippen LogP contribution in [0.4, 0.5) is 0 Å². The van der Waals surface area contributed by atoms with Crippen molar-refractivity contribution in [1.29, 1.82) is 10.5 Å². The van der Waals surface area contributed by atoms with Crippen LogP contribution in [0.15, 0.2) is 12.2 Å². The van der Waals surface area contributed by atoms with E-state index in [-0.39, 0.29) is 5.92 Å². The van der Waals surface area contributed by atoms with Crippen LogP contribution >= 0.6 is 0 Å². The zero-order chi connectivity index (χ0) is 7.82. The van der Waals surface area contributed by atoms with Crippen LogP contribution in [-0.2, 0) is 0 Å². The van der Waals surface area contributed by atoms with E-state index < -0.39 is 0 Å². The van der Waals surface area contributed by atoms with E-state index in [4.69, 9.17) is 10.5 Å². The molecule has 0 aliphatic rings. The van der Waals surface area contributed by atoms with Crippen LogP contribution < -0.4 is 0 Å². The molecule has 0 aromatic rings. The van der Waals surface area contributed by atoms with E-state index in [0.717, 1.165) is 12.8 Å². The lowest BCUT2D eigenvalue weighted by molar-refractivity contribution is 0.671. The van der Waals surface area contributed by atoms with Gasteiger partial charge in [0.1, 0.15) is 0 Å². The molecular formula is C8H10N2. The van der Waals surface area contributed by atoms with Gasteiger partial charge >= 0.3 is 0 Å². The first-order valence-corrected chi connectivity index (χ1v) is 3.25. The Balaban J connectivity index is 3.32. The van der Waals surface area contributed by atoms with E-state index in [9.17, 15) is 0 Å². The van der Waals surface area contributed by atoms with Gasteiger partial charge in [-0.3, -0.25) is 0 Å². The Morgan fingerprint density at radius 2 is 2.20 bits per heavy atom. The predicted octanol–water partition coefficient (Wildman–Crippen LogP) is 2.01. The molecule has 0 fully saturated rings. The standard InChI is InChI=1S/C8H10N2/c1-8(7-10)5-3-2-4-6-9/h2,4,8H,3,5H2,1H3/b4-2+. The molecule has 1 atom stereocenters. The van der Waals surface area contributed by atoms with Gasteiger partial charge in [-0.1, -0.05) is 6.08 Å². The molecule has 0 bridgehead atoms. The molecule has 1 unspecified atom stereocenters. The Morgan fingerprint density at radius 1 is 1.50 bits per heavy atom. The predicted molar refractivity (Wildman–Crippen MR) is 38.8 cm³/mol. The third-order valence-corrected chi connectivity index (χ3v) is 1.18. The van der Waals surface area contributed by atoms with E-state index >= 15 is 0 Å². The first-order chi connectivity index (χ1) is 4.81. The number of nitrogens with zero attached hydrogens (tertiary/aromatic N) is 2. The van der Waals surface area contributed by atoms with Gasteiger partial charge in [0.25, 0.3) is 0 Å². The van der Waals surface area contributed by atoms with Crippen molar-refractivity contribution in [2.24, 2.45) is 5.92 Å². The number of hydrogen-bond donors (Lipinski definition) is 0. The lowest BCUT2D eigenvalue weighted by Gasteiger charge is -1.94. The second kappa shape index (κ2) is 5.85. The first kappa shape index (κ1) is 8.72. The van der Waals surface area contributed by atoms with Gasteiger partial charge in [-0.2, -0.15) is 10.5 Å². The van der Waals surface area contributed by atoms with Gasteiger partial charge in [-0.25, -0.2) is 0 Å². The van der Waals surface area contributed by atoms with E-state index in [0.29, 0.717) is 0 Å². The SMILES string of the molecule is CC(C#N)CC/C=C/C#N. The Kier molecular flexibility index (Phi) is 5.10. The summed E-state index contributed by atoms with van der Waals surface area (Å²) in [6.45, 7) is 1.88. The summed E-state index contributed by atoms with van der Waals surface area (Å²) in [5.41, 5.74) is 0. The van der Waals surface area contributed by atoms with E-state index in [1.54, 1.807) is 6.08 Å². The van der Waals surface area contributed by atoms with Crippen molar-refractivity contribution in [3.63, 3.8) is 0 Å². The van der Waals surface area contributed by atoms with Crippen molar-refractivity contribution in [3.05, 3.63) is 12.2 Å². The molecule has 0 rings (SSSR count). The fourth-order valence-corrected chi connectivity index (χ4v) is 0.547. The molecule has 2 heteroatoms. The molecule has 0 aromatic heterocycles. The maximum Gasteiger partial charge on any atom is 0.0908 e. The average Bonchev–Trinajstić information content (AvgIpc) is 1.98. The summed E-state index contributed by atoms with van der Waals surface area (Å²) >= 11 is 0. The summed E-state index contributed by atoms with van der Waals surface area (Å²) in [5, 5.41) is 16.4. The lowest BCUT2D eigenvalue weighted by Crippen LogP contribution is -1.86. The number of nitriles is 2. The molecule has 0 heterocycles. The number of hydrogen-bond acceptors (Lipinski definition) is 2. The molecule has 52 valence electrons. The molecule has 10 heavy (non-hydrogen) atoms. The molecule has 2 nitrogen and oxygen atoms in total. The Labute approximate surface area is 61.4 Å². The van der Waals surface area contributed by atoms with Crippen LogP contribution in [0.5, 0.6) is 0 Å². The first-order valence-electron chi connectivity index (χ1n) is 3.25. The molecule has 0 aromatic carbocycles. The van der Waals surface area contributed by atoms with E-state index in [2.05, 4.69) is 6.07 Å². The molecule has 0 saturated heterocycles. The normalized spacial score (nSPS) is 12.3. The highest BCUT2D eigenvalue weighted by atomic mass is 14.3. The van der Waals surface area contributed by atoms with Crippen molar-refractivity contribution in [3.8, 4) is 12.1 Å². The number of allylic oxidation sites excluding steroid dienone is 2. The third kappa shape index (κ3) is 4.87. The molecular weight excluding hydrogens is 124 g/mol. The van der Waals surface area contributed by atoms with Gasteiger partial charge in [0.05, 0.1) is 12.1 Å². The van der Waals surface area contributed by atoms with Crippen LogP contribution in [0, 0.1) is 28.6 Å². The maximum absolute atomic E-state index is 8.35. The van der Waals surface area contributed by atoms with Gasteiger partial charge in [-0.15, -0.1) is 0 Å². The third-order valence-electron chi connectivity index (χ3n) is 1.18. The second-order valence-electron chi connectivity index (χ2n) is 2.14. The topological polar surface area (TPSA) is 47.6 Å². The van der Waals surface area contributed by atoms with Crippen LogP contribution in [0.1, 0.15) is 19.8 Å². The lowest BCUT2D eigenvalue weighted by atomic mass is 10.1. The minimum absolute atomic E-state index is 0.100. The highest BCUT2D eigenvalue weighted by Gasteiger charge is 1.94. The quantitative estimate of drug-likeness (QED) is 0.554. The van der Waals surface area contributed by atoms with E-state index in [1.807, 2.05) is 13.0 Å². The molecule has 0 spiro atoms. The van der Waals surface area contributed by atoms with E-state index in [1.165, 1.54) is 6.08 Å². The highest BCUT2D eigenvalue weighted by molar-refractivity contribution is 5.01. The Bertz CT molecular complexity index is 180. The maximum atomic E-state index is 8.35. The summed E-state index contributed by atoms with van der Waals surface area (Å²) in [6, 6.07) is 4.02. The summed E-state index contributed by atoms with van der Waals surface area (Å²) in [7, 11) is 0. The average molecular weight is 134 g/mol. The van der Waals surface area contributed by atoms with Crippen LogP contribution in [0.3, 0.4) is 0 Å². The summed E-state index contributed by atoms with van der Waals surface area (Å²) in [6.07, 6.45) is 4.90. The highest BCUT2D eigenvalue weighted by Crippen LogP contribution is 2.03. The van der Waals surface area contributed by atoms with Gasteiger partial charge in [-0.05, 0) is 19.8 Å². The van der Waals surface area contributed by atoms with Gasteiger partial charge in [0.2, 0.25) is 0 Å². The summed E-state index contributed by atoms with van der Waals surface area (Å²) < 4.78 is 0. The van der Waals surface area contributed by atoms with Crippen molar-refractivity contribution in [1.82, 2.24) is 0 Å². The Hall–Kier alpha value is -1.28. The molecule has 0 radical (unpaired) electrons. The number of rotatable bonds is 3. The minimum atomic E-state index is 0.100. The molecule has 0 aliphatic heterocycles. The largest absolute Gasteiger partial charge is 0.198 e. The fourth-order valence-electron chi connectivity index (χ4n) is 0.547. The van der Waals surface area contributed by atoms with Crippen molar-refractivity contribution in [2.75, 3.05) is 0 Å². The summed E-state index contributed by atoms with van der Waals surface area (Å²) in [4.78, 5) is 0. The van der Waals surface area contributed by atoms with Crippen molar-refractivity contribution < 1.29 is 0 Å². The second-order valence-corrected chi connectivity index (χ2v) is 2.14.